The summed E-state index contributed by atoms with van der Waals surface area (Å²) in [6.45, 7) is 0.540. The van der Waals surface area contributed by atoms with E-state index < -0.39 is 11.5 Å². The average Bonchev–Trinajstić information content (AvgIpc) is 2.72. The van der Waals surface area contributed by atoms with Crippen molar-refractivity contribution >= 4 is 11.8 Å². The molecule has 4 rings (SSSR count). The molecule has 1 saturated heterocycles. The van der Waals surface area contributed by atoms with Crippen LogP contribution in [0.5, 0.6) is 0 Å². The van der Waals surface area contributed by atoms with E-state index in [0.29, 0.717) is 12.8 Å². The van der Waals surface area contributed by atoms with Crippen molar-refractivity contribution in [2.45, 2.75) is 44.2 Å². The van der Waals surface area contributed by atoms with Crippen LogP contribution in [0.15, 0.2) is 53.3 Å². The summed E-state index contributed by atoms with van der Waals surface area (Å²) in [5.74, 6) is -0.412. The van der Waals surface area contributed by atoms with Crippen molar-refractivity contribution in [1.82, 2.24) is 15.2 Å². The number of likely N-dealkylation sites (tertiary alicyclic amines) is 1. The Morgan fingerprint density at radius 3 is 2.50 bits per heavy atom. The van der Waals surface area contributed by atoms with E-state index in [1.54, 1.807) is 17.0 Å². The van der Waals surface area contributed by atoms with Gasteiger partial charge in [-0.05, 0) is 30.9 Å². The Balaban J connectivity index is 1.51. The molecule has 2 heterocycles. The van der Waals surface area contributed by atoms with Crippen molar-refractivity contribution in [2.75, 3.05) is 13.1 Å². The molecule has 3 N–H and O–H groups in total. The number of H-pyrrole nitrogens is 1. The van der Waals surface area contributed by atoms with E-state index in [2.05, 4.69) is 10.3 Å². The number of aliphatic hydroxyl groups excluding tert-OH is 1. The molecule has 2 aliphatic rings. The number of aromatic nitrogens is 1. The quantitative estimate of drug-likeness (QED) is 0.696. The Hall–Kier alpha value is -2.93. The second kappa shape index (κ2) is 8.44. The van der Waals surface area contributed by atoms with Gasteiger partial charge in [0.1, 0.15) is 5.69 Å². The number of amides is 2. The van der Waals surface area contributed by atoms with Crippen molar-refractivity contribution in [1.29, 1.82) is 0 Å². The molecule has 2 atom stereocenters. The summed E-state index contributed by atoms with van der Waals surface area (Å²) in [4.78, 5) is 41.8. The molecule has 1 aliphatic carbocycles. The second-order valence-corrected chi connectivity index (χ2v) is 8.46. The predicted octanol–water partition coefficient (Wildman–Crippen LogP) is 1.48. The first-order valence-electron chi connectivity index (χ1n) is 10.5. The Bertz CT molecular complexity index is 966. The van der Waals surface area contributed by atoms with Crippen LogP contribution < -0.4 is 10.9 Å². The molecule has 2 fully saturated rings. The number of hydrogen-bond donors (Lipinski definition) is 3. The van der Waals surface area contributed by atoms with Crippen molar-refractivity contribution < 1.29 is 14.7 Å². The largest absolute Gasteiger partial charge is 0.391 e. The summed E-state index contributed by atoms with van der Waals surface area (Å²) in [5.41, 5.74) is 0.167. The number of nitrogens with zero attached hydrogens (tertiary/aromatic N) is 1. The number of aromatic amines is 1. The third-order valence-corrected chi connectivity index (χ3v) is 6.19. The molecule has 0 bridgehead atoms. The van der Waals surface area contributed by atoms with E-state index in [9.17, 15) is 19.5 Å². The van der Waals surface area contributed by atoms with Crippen molar-refractivity contribution in [3.63, 3.8) is 0 Å². The second-order valence-electron chi connectivity index (χ2n) is 8.46. The van der Waals surface area contributed by atoms with Gasteiger partial charge in [0.15, 0.2) is 0 Å². The first kappa shape index (κ1) is 20.3. The van der Waals surface area contributed by atoms with Crippen LogP contribution >= 0.6 is 0 Å². The van der Waals surface area contributed by atoms with Crippen molar-refractivity contribution in [2.24, 2.45) is 5.41 Å². The number of nitrogens with one attached hydrogen (secondary N) is 2. The minimum atomic E-state index is -0.747. The maximum Gasteiger partial charge on any atom is 0.270 e. The fraction of sp³-hybridized carbons (Fsp3) is 0.435. The lowest BCUT2D eigenvalue weighted by molar-refractivity contribution is -0.141. The number of pyridine rings is 1. The molecule has 0 spiro atoms. The zero-order chi connectivity index (χ0) is 21.1. The fourth-order valence-corrected chi connectivity index (χ4v) is 4.49. The van der Waals surface area contributed by atoms with Crippen LogP contribution in [-0.2, 0) is 11.2 Å². The van der Waals surface area contributed by atoms with Crippen LogP contribution in [0, 0.1) is 5.41 Å². The highest BCUT2D eigenvalue weighted by molar-refractivity contribution is 5.95. The van der Waals surface area contributed by atoms with E-state index in [1.807, 2.05) is 30.3 Å². The van der Waals surface area contributed by atoms with Gasteiger partial charge >= 0.3 is 0 Å². The number of rotatable bonds is 5. The Kier molecular flexibility index (Phi) is 5.72. The van der Waals surface area contributed by atoms with Crippen LogP contribution in [0.3, 0.4) is 0 Å². The zero-order valence-electron chi connectivity index (χ0n) is 16.8. The van der Waals surface area contributed by atoms with Gasteiger partial charge in [0, 0.05) is 19.2 Å². The minimum Gasteiger partial charge on any atom is -0.391 e. The third-order valence-electron chi connectivity index (χ3n) is 6.19. The summed E-state index contributed by atoms with van der Waals surface area (Å²) >= 11 is 0. The topological polar surface area (TPSA) is 103 Å². The molecule has 7 nitrogen and oxygen atoms in total. The van der Waals surface area contributed by atoms with Crippen LogP contribution in [0.2, 0.25) is 0 Å². The van der Waals surface area contributed by atoms with Crippen LogP contribution in [0.25, 0.3) is 0 Å². The van der Waals surface area contributed by atoms with Gasteiger partial charge in [0.25, 0.3) is 5.91 Å². The van der Waals surface area contributed by atoms with Crippen molar-refractivity contribution in [3.8, 4) is 0 Å². The van der Waals surface area contributed by atoms with Gasteiger partial charge in [-0.3, -0.25) is 14.4 Å². The van der Waals surface area contributed by atoms with E-state index in [1.165, 1.54) is 6.07 Å². The van der Waals surface area contributed by atoms with E-state index >= 15 is 0 Å². The van der Waals surface area contributed by atoms with Gasteiger partial charge in [0.05, 0.1) is 17.6 Å². The summed E-state index contributed by atoms with van der Waals surface area (Å²) < 4.78 is 0. The zero-order valence-corrected chi connectivity index (χ0v) is 16.8. The smallest absolute Gasteiger partial charge is 0.270 e. The van der Waals surface area contributed by atoms with Gasteiger partial charge in [-0.2, -0.15) is 0 Å². The highest BCUT2D eigenvalue weighted by Crippen LogP contribution is 2.36. The summed E-state index contributed by atoms with van der Waals surface area (Å²) in [7, 11) is 0. The molecule has 0 unspecified atom stereocenters. The number of benzene rings is 1. The van der Waals surface area contributed by atoms with Crippen molar-refractivity contribution in [3.05, 3.63) is 70.1 Å². The molecule has 1 aliphatic heterocycles. The lowest BCUT2D eigenvalue weighted by atomic mass is 9.73. The summed E-state index contributed by atoms with van der Waals surface area (Å²) in [6, 6.07) is 14.0. The molecular weight excluding hydrogens is 382 g/mol. The normalized spacial score (nSPS) is 22.8. The predicted molar refractivity (Wildman–Crippen MR) is 112 cm³/mol. The Labute approximate surface area is 175 Å². The van der Waals surface area contributed by atoms with Crippen LogP contribution in [0.4, 0.5) is 0 Å². The van der Waals surface area contributed by atoms with E-state index in [-0.39, 0.29) is 42.2 Å². The fourth-order valence-electron chi connectivity index (χ4n) is 4.49. The van der Waals surface area contributed by atoms with Crippen LogP contribution in [0.1, 0.15) is 41.7 Å². The Morgan fingerprint density at radius 1 is 1.07 bits per heavy atom. The average molecular weight is 409 g/mol. The van der Waals surface area contributed by atoms with Gasteiger partial charge < -0.3 is 20.3 Å². The van der Waals surface area contributed by atoms with Gasteiger partial charge in [-0.15, -0.1) is 0 Å². The monoisotopic (exact) mass is 409 g/mol. The van der Waals surface area contributed by atoms with E-state index in [4.69, 9.17) is 0 Å². The summed E-state index contributed by atoms with van der Waals surface area (Å²) in [5, 5.41) is 13.3. The highest BCUT2D eigenvalue weighted by Gasteiger charge is 2.51. The number of carbonyl (C=O) groups excluding carboxylic acids is 2. The first-order valence-corrected chi connectivity index (χ1v) is 10.5. The van der Waals surface area contributed by atoms with Gasteiger partial charge in [-0.25, -0.2) is 0 Å². The molecule has 2 amide bonds. The molecule has 2 aromatic rings. The highest BCUT2D eigenvalue weighted by atomic mass is 16.3. The molecule has 158 valence electrons. The molecule has 1 aromatic carbocycles. The molecular formula is C23H27N3O4. The molecule has 1 saturated carbocycles. The van der Waals surface area contributed by atoms with Gasteiger partial charge in [0.2, 0.25) is 11.5 Å². The molecule has 0 radical (unpaired) electrons. The van der Waals surface area contributed by atoms with Crippen LogP contribution in [-0.4, -0.2) is 52.0 Å². The van der Waals surface area contributed by atoms with E-state index in [0.717, 1.165) is 24.8 Å². The standard InChI is InChI=1S/C23H27N3O4/c27-19-11-5-4-9-17(19)25-22(30)23(13-16-7-2-1-3-8-16)14-26(15-23)21(29)18-10-6-12-20(28)24-18/h1-3,6-8,10,12,17,19,27H,4-5,9,11,13-15H2,(H,24,28)(H,25,30)/t17-,19-/m0/s1. The first-order chi connectivity index (χ1) is 14.5. The maximum atomic E-state index is 13.3. The summed E-state index contributed by atoms with van der Waals surface area (Å²) in [6.07, 6.45) is 3.41. The maximum absolute atomic E-state index is 13.3. The Morgan fingerprint density at radius 2 is 1.80 bits per heavy atom. The lowest BCUT2D eigenvalue weighted by Gasteiger charge is -2.49. The minimum absolute atomic E-state index is 0.122. The third kappa shape index (κ3) is 4.16. The number of aliphatic hydroxyl groups is 1. The number of carbonyl (C=O) groups is 2. The molecule has 30 heavy (non-hydrogen) atoms. The lowest BCUT2D eigenvalue weighted by Crippen LogP contribution is -2.67. The van der Waals surface area contributed by atoms with Gasteiger partial charge in [-0.1, -0.05) is 49.2 Å². The molecule has 1 aromatic heterocycles. The number of hydrogen-bond acceptors (Lipinski definition) is 4. The molecule has 7 heteroatoms. The SMILES string of the molecule is O=C(c1cccc(=O)[nH]1)N1CC(Cc2ccccc2)(C(=O)N[C@H]2CCCC[C@@H]2O)C1.